The molecule has 4 rings (SSSR count). The highest BCUT2D eigenvalue weighted by atomic mass is 35.5. The molecule has 1 saturated heterocycles. The van der Waals surface area contributed by atoms with Gasteiger partial charge < -0.3 is 25.4 Å². The van der Waals surface area contributed by atoms with Gasteiger partial charge in [0, 0.05) is 62.8 Å². The predicted molar refractivity (Wildman–Crippen MR) is 127 cm³/mol. The van der Waals surface area contributed by atoms with Crippen LogP contribution in [0.2, 0.25) is 0 Å². The third-order valence-corrected chi connectivity index (χ3v) is 5.84. The summed E-state index contributed by atoms with van der Waals surface area (Å²) in [5, 5.41) is 16.7. The van der Waals surface area contributed by atoms with Crippen LogP contribution < -0.4 is 20.3 Å². The Bertz CT molecular complexity index is 870. The number of rotatable bonds is 7. The lowest BCUT2D eigenvalue weighted by atomic mass is 10.00. The van der Waals surface area contributed by atoms with Gasteiger partial charge in [-0.2, -0.15) is 0 Å². The van der Waals surface area contributed by atoms with Crippen LogP contribution in [-0.4, -0.2) is 68.4 Å². The molecule has 7 nitrogen and oxygen atoms in total. The monoisotopic (exact) mass is 446 g/mol. The summed E-state index contributed by atoms with van der Waals surface area (Å²) in [7, 11) is 1.65. The molecule has 2 aromatic carbocycles. The van der Waals surface area contributed by atoms with Crippen molar-refractivity contribution in [3.05, 3.63) is 48.0 Å². The Morgan fingerprint density at radius 3 is 2.55 bits per heavy atom. The molecule has 2 aliphatic rings. The average molecular weight is 447 g/mol. The zero-order chi connectivity index (χ0) is 20.9. The van der Waals surface area contributed by atoms with E-state index in [1.165, 1.54) is 11.3 Å². The first-order valence-corrected chi connectivity index (χ1v) is 10.6. The first-order chi connectivity index (χ1) is 14.6. The van der Waals surface area contributed by atoms with Crippen LogP contribution in [0, 0.1) is 0 Å². The Morgan fingerprint density at radius 2 is 1.84 bits per heavy atom. The van der Waals surface area contributed by atoms with Crippen LogP contribution in [0.5, 0.6) is 5.75 Å². The fraction of sp³-hybridized carbons (Fsp3) is 0.435. The number of hydrogen-bond acceptors (Lipinski definition) is 6. The number of fused-ring (bicyclic) bond motifs is 1. The van der Waals surface area contributed by atoms with E-state index in [4.69, 9.17) is 4.74 Å². The van der Waals surface area contributed by atoms with Gasteiger partial charge in [-0.15, -0.1) is 12.4 Å². The number of nitrogens with zero attached hydrogens (tertiary/aromatic N) is 2. The lowest BCUT2D eigenvalue weighted by Gasteiger charge is -2.38. The van der Waals surface area contributed by atoms with Crippen molar-refractivity contribution in [3.8, 4) is 5.75 Å². The molecule has 8 heteroatoms. The molecule has 1 fully saturated rings. The van der Waals surface area contributed by atoms with Gasteiger partial charge in [-0.05, 0) is 48.4 Å². The van der Waals surface area contributed by atoms with Crippen LogP contribution in [0.4, 0.5) is 17.1 Å². The second-order valence-electron chi connectivity index (χ2n) is 7.90. The number of halogens is 1. The molecule has 0 aromatic heterocycles. The van der Waals surface area contributed by atoms with Gasteiger partial charge in [-0.3, -0.25) is 9.69 Å². The maximum atomic E-state index is 11.7. The van der Waals surface area contributed by atoms with E-state index in [0.29, 0.717) is 19.5 Å². The molecule has 0 saturated carbocycles. The smallest absolute Gasteiger partial charge is 0.224 e. The lowest BCUT2D eigenvalue weighted by Crippen LogP contribution is -2.49. The molecule has 168 valence electrons. The predicted octanol–water partition coefficient (Wildman–Crippen LogP) is 2.60. The molecule has 31 heavy (non-hydrogen) atoms. The maximum absolute atomic E-state index is 11.7. The number of carbonyl (C=O) groups is 1. The van der Waals surface area contributed by atoms with Gasteiger partial charge in [0.25, 0.3) is 0 Å². The molecule has 0 bridgehead atoms. The molecule has 2 aliphatic heterocycles. The van der Waals surface area contributed by atoms with E-state index in [-0.39, 0.29) is 18.3 Å². The van der Waals surface area contributed by atoms with Crippen molar-refractivity contribution in [2.75, 3.05) is 61.9 Å². The fourth-order valence-electron chi connectivity index (χ4n) is 4.18. The molecule has 2 aromatic rings. The number of nitrogens with one attached hydrogen (secondary N) is 2. The minimum Gasteiger partial charge on any atom is -0.497 e. The summed E-state index contributed by atoms with van der Waals surface area (Å²) >= 11 is 0. The largest absolute Gasteiger partial charge is 0.497 e. The topological polar surface area (TPSA) is 77.1 Å². The zero-order valence-corrected chi connectivity index (χ0v) is 18.7. The van der Waals surface area contributed by atoms with Crippen molar-refractivity contribution < 1.29 is 14.6 Å². The molecular weight excluding hydrogens is 416 g/mol. The quantitative estimate of drug-likeness (QED) is 0.607. The van der Waals surface area contributed by atoms with Crippen LogP contribution in [0.1, 0.15) is 12.0 Å². The van der Waals surface area contributed by atoms with Gasteiger partial charge in [-0.1, -0.05) is 6.07 Å². The number of carbonyl (C=O) groups excluding carboxylic acids is 1. The van der Waals surface area contributed by atoms with E-state index < -0.39 is 6.10 Å². The number of aliphatic hydroxyl groups is 1. The highest BCUT2D eigenvalue weighted by Gasteiger charge is 2.24. The first kappa shape index (κ1) is 23.2. The molecule has 0 spiro atoms. The molecule has 0 aliphatic carbocycles. The number of piperazine rings is 1. The second-order valence-corrected chi connectivity index (χ2v) is 7.90. The van der Waals surface area contributed by atoms with E-state index in [0.717, 1.165) is 49.7 Å². The van der Waals surface area contributed by atoms with Crippen LogP contribution in [0.15, 0.2) is 42.5 Å². The Morgan fingerprint density at radius 1 is 1.10 bits per heavy atom. The normalized spacial score (nSPS) is 17.2. The number of amides is 1. The van der Waals surface area contributed by atoms with Gasteiger partial charge in [0.15, 0.2) is 0 Å². The van der Waals surface area contributed by atoms with Crippen molar-refractivity contribution >= 4 is 35.4 Å². The number of benzene rings is 2. The summed E-state index contributed by atoms with van der Waals surface area (Å²) in [4.78, 5) is 16.4. The number of ether oxygens (including phenoxy) is 1. The number of anilines is 3. The van der Waals surface area contributed by atoms with Crippen LogP contribution in [0.25, 0.3) is 0 Å². The summed E-state index contributed by atoms with van der Waals surface area (Å²) in [6, 6.07) is 13.9. The molecular formula is C23H31ClN4O3. The summed E-state index contributed by atoms with van der Waals surface area (Å²) in [5.41, 5.74) is 4.40. The highest BCUT2D eigenvalue weighted by molar-refractivity contribution is 5.95. The van der Waals surface area contributed by atoms with Gasteiger partial charge in [0.05, 0.1) is 13.2 Å². The second kappa shape index (κ2) is 10.7. The molecule has 1 amide bonds. The fourth-order valence-corrected chi connectivity index (χ4v) is 4.18. The van der Waals surface area contributed by atoms with E-state index in [2.05, 4.69) is 26.5 Å². The number of aliphatic hydroxyl groups excluding tert-OH is 1. The number of methoxy groups -OCH3 is 1. The van der Waals surface area contributed by atoms with Crippen LogP contribution >= 0.6 is 12.4 Å². The third kappa shape index (κ3) is 5.81. The Kier molecular flexibility index (Phi) is 8.01. The highest BCUT2D eigenvalue weighted by Crippen LogP contribution is 2.32. The van der Waals surface area contributed by atoms with Crippen molar-refractivity contribution in [1.82, 2.24) is 4.90 Å². The zero-order valence-electron chi connectivity index (χ0n) is 17.8. The van der Waals surface area contributed by atoms with Crippen molar-refractivity contribution in [2.24, 2.45) is 0 Å². The van der Waals surface area contributed by atoms with E-state index in [1.807, 2.05) is 36.4 Å². The van der Waals surface area contributed by atoms with Crippen LogP contribution in [0.3, 0.4) is 0 Å². The van der Waals surface area contributed by atoms with E-state index in [9.17, 15) is 9.90 Å². The summed E-state index contributed by atoms with van der Waals surface area (Å²) in [6.45, 7) is 4.83. The maximum Gasteiger partial charge on any atom is 0.224 e. The van der Waals surface area contributed by atoms with Crippen LogP contribution in [-0.2, 0) is 11.2 Å². The van der Waals surface area contributed by atoms with Gasteiger partial charge in [0.1, 0.15) is 5.75 Å². The SMILES string of the molecule is COc1ccc(NC[C@@H](O)CN2CCN(c3cccc4c3CCC(=O)N4)CC2)cc1.Cl. The first-order valence-electron chi connectivity index (χ1n) is 10.6. The van der Waals surface area contributed by atoms with Gasteiger partial charge >= 0.3 is 0 Å². The Hall–Kier alpha value is -2.48. The Balaban J connectivity index is 0.00000272. The number of β-amino-alcohol motifs (C(OH)–C–C–N with tert-alkyl or cyclic N) is 1. The minimum atomic E-state index is -0.432. The molecule has 0 radical (unpaired) electrons. The van der Waals surface area contributed by atoms with Crippen molar-refractivity contribution in [1.29, 1.82) is 0 Å². The summed E-state index contributed by atoms with van der Waals surface area (Å²) < 4.78 is 5.17. The standard InChI is InChI=1S/C23H30N4O3.ClH/c1-30-19-7-5-17(6-8-19)24-15-18(28)16-26-11-13-27(14-12-26)22-4-2-3-21-20(22)9-10-23(29)25-21;/h2-8,18,24,28H,9-16H2,1H3,(H,25,29);1H/t18-;/m1./s1. The van der Waals surface area contributed by atoms with E-state index >= 15 is 0 Å². The van der Waals surface area contributed by atoms with Crippen molar-refractivity contribution in [2.45, 2.75) is 18.9 Å². The summed E-state index contributed by atoms with van der Waals surface area (Å²) in [6.07, 6.45) is 0.920. The number of hydrogen-bond donors (Lipinski definition) is 3. The lowest BCUT2D eigenvalue weighted by molar-refractivity contribution is -0.116. The molecule has 2 heterocycles. The molecule has 1 atom stereocenters. The van der Waals surface area contributed by atoms with Gasteiger partial charge in [-0.25, -0.2) is 0 Å². The molecule has 3 N–H and O–H groups in total. The van der Waals surface area contributed by atoms with Crippen molar-refractivity contribution in [3.63, 3.8) is 0 Å². The van der Waals surface area contributed by atoms with Gasteiger partial charge in [0.2, 0.25) is 5.91 Å². The minimum absolute atomic E-state index is 0. The van der Waals surface area contributed by atoms with E-state index in [1.54, 1.807) is 7.11 Å². The Labute approximate surface area is 189 Å². The molecule has 0 unspecified atom stereocenters. The average Bonchev–Trinajstić information content (AvgIpc) is 2.78. The third-order valence-electron chi connectivity index (χ3n) is 5.84. The summed E-state index contributed by atoms with van der Waals surface area (Å²) in [5.74, 6) is 0.919.